The molecule has 0 aromatic carbocycles. The van der Waals surface area contributed by atoms with Crippen LogP contribution in [0.4, 0.5) is 4.79 Å². The van der Waals surface area contributed by atoms with Crippen LogP contribution in [-0.2, 0) is 19.5 Å². The largest absolute Gasteiger partial charge is 0.338 e. The van der Waals surface area contributed by atoms with Crippen LogP contribution in [0, 0.1) is 5.92 Å². The smallest absolute Gasteiger partial charge is 0.317 e. The maximum Gasteiger partial charge on any atom is 0.317 e. The van der Waals surface area contributed by atoms with E-state index >= 15 is 0 Å². The number of carbonyl (C=O) groups is 1. The first-order chi connectivity index (χ1) is 11.1. The summed E-state index contributed by atoms with van der Waals surface area (Å²) >= 11 is 0. The lowest BCUT2D eigenvalue weighted by molar-refractivity contribution is 0.190. The molecule has 23 heavy (non-hydrogen) atoms. The van der Waals surface area contributed by atoms with Crippen molar-refractivity contribution in [3.8, 4) is 0 Å². The summed E-state index contributed by atoms with van der Waals surface area (Å²) in [6.07, 6.45) is 6.03. The number of aromatic nitrogens is 3. The number of nitrogens with zero attached hydrogens (tertiary/aromatic N) is 3. The summed E-state index contributed by atoms with van der Waals surface area (Å²) in [5, 5.41) is 7.11. The molecule has 0 bridgehead atoms. The Balaban J connectivity index is 1.53. The average Bonchev–Trinajstić information content (AvgIpc) is 3.05. The van der Waals surface area contributed by atoms with Crippen LogP contribution in [0.15, 0.2) is 35.5 Å². The second-order valence-corrected chi connectivity index (χ2v) is 6.00. The highest BCUT2D eigenvalue weighted by Crippen LogP contribution is 2.14. The Kier molecular flexibility index (Phi) is 4.45. The first kappa shape index (κ1) is 15.3. The van der Waals surface area contributed by atoms with E-state index < -0.39 is 0 Å². The number of rotatable bonds is 4. The summed E-state index contributed by atoms with van der Waals surface area (Å²) in [5.74, 6) is 0.277. The lowest BCUT2D eigenvalue weighted by atomic mass is 10.0. The van der Waals surface area contributed by atoms with Crippen LogP contribution in [0.3, 0.4) is 0 Å². The minimum atomic E-state index is -0.119. The molecule has 3 heterocycles. The van der Waals surface area contributed by atoms with Gasteiger partial charge in [0.1, 0.15) is 0 Å². The molecule has 1 unspecified atom stereocenters. The molecular weight excluding hydrogens is 294 g/mol. The normalized spacial score (nSPS) is 15.1. The number of hydrogen-bond acceptors (Lipinski definition) is 3. The van der Waals surface area contributed by atoms with Crippen LogP contribution in [0.25, 0.3) is 0 Å². The number of hydrogen-bond donors (Lipinski definition) is 2. The predicted octanol–water partition coefficient (Wildman–Crippen LogP) is 0.975. The number of aromatic amines is 1. The van der Waals surface area contributed by atoms with Crippen molar-refractivity contribution < 1.29 is 4.79 Å². The molecule has 1 aliphatic heterocycles. The molecular formula is C16H21N5O2. The molecule has 0 saturated carbocycles. The van der Waals surface area contributed by atoms with Gasteiger partial charge in [-0.25, -0.2) is 4.79 Å². The minimum absolute atomic E-state index is 0.105. The fourth-order valence-corrected chi connectivity index (χ4v) is 2.82. The molecule has 2 N–H and O–H groups in total. The van der Waals surface area contributed by atoms with Crippen molar-refractivity contribution in [2.24, 2.45) is 5.92 Å². The van der Waals surface area contributed by atoms with Crippen LogP contribution >= 0.6 is 0 Å². The molecule has 0 saturated heterocycles. The Morgan fingerprint density at radius 3 is 3.17 bits per heavy atom. The molecule has 2 aromatic heterocycles. The van der Waals surface area contributed by atoms with Gasteiger partial charge in [0, 0.05) is 43.8 Å². The zero-order valence-corrected chi connectivity index (χ0v) is 13.2. The molecule has 0 fully saturated rings. The summed E-state index contributed by atoms with van der Waals surface area (Å²) < 4.78 is 1.85. The first-order valence-corrected chi connectivity index (χ1v) is 7.83. The molecule has 1 atom stereocenters. The van der Waals surface area contributed by atoms with E-state index in [2.05, 4.69) is 22.3 Å². The van der Waals surface area contributed by atoms with Crippen molar-refractivity contribution in [2.45, 2.75) is 26.4 Å². The van der Waals surface area contributed by atoms with Crippen molar-refractivity contribution in [2.75, 3.05) is 13.1 Å². The highest BCUT2D eigenvalue weighted by atomic mass is 16.2. The molecule has 0 aliphatic carbocycles. The molecule has 122 valence electrons. The summed E-state index contributed by atoms with van der Waals surface area (Å²) in [5.41, 5.74) is 1.62. The average molecular weight is 315 g/mol. The monoisotopic (exact) mass is 315 g/mol. The zero-order valence-electron chi connectivity index (χ0n) is 13.2. The van der Waals surface area contributed by atoms with Crippen molar-refractivity contribution in [1.82, 2.24) is 25.0 Å². The fraction of sp³-hybridized carbons (Fsp3) is 0.438. The number of H-pyrrole nitrogens is 1. The van der Waals surface area contributed by atoms with Crippen molar-refractivity contribution in [3.63, 3.8) is 0 Å². The van der Waals surface area contributed by atoms with E-state index in [4.69, 9.17) is 0 Å². The number of urea groups is 1. The van der Waals surface area contributed by atoms with E-state index in [-0.39, 0.29) is 17.5 Å². The zero-order chi connectivity index (χ0) is 16.2. The predicted molar refractivity (Wildman–Crippen MR) is 86.0 cm³/mol. The molecule has 7 nitrogen and oxygen atoms in total. The number of pyridine rings is 1. The summed E-state index contributed by atoms with van der Waals surface area (Å²) in [6.45, 7) is 4.40. The van der Waals surface area contributed by atoms with Gasteiger partial charge in [-0.1, -0.05) is 6.92 Å². The Morgan fingerprint density at radius 2 is 2.39 bits per heavy atom. The van der Waals surface area contributed by atoms with E-state index in [1.54, 1.807) is 17.3 Å². The second-order valence-electron chi connectivity index (χ2n) is 6.00. The summed E-state index contributed by atoms with van der Waals surface area (Å²) in [7, 11) is 0. The Labute approximate surface area is 134 Å². The number of nitrogens with one attached hydrogen (secondary N) is 2. The van der Waals surface area contributed by atoms with E-state index in [0.29, 0.717) is 25.2 Å². The van der Waals surface area contributed by atoms with Crippen molar-refractivity contribution >= 4 is 6.03 Å². The highest BCUT2D eigenvalue weighted by Gasteiger charge is 2.22. The summed E-state index contributed by atoms with van der Waals surface area (Å²) in [4.78, 5) is 28.5. The topological polar surface area (TPSA) is 83.0 Å². The van der Waals surface area contributed by atoms with Crippen LogP contribution in [0.2, 0.25) is 0 Å². The second kappa shape index (κ2) is 6.68. The molecule has 2 amide bonds. The van der Waals surface area contributed by atoms with Gasteiger partial charge in [0.15, 0.2) is 0 Å². The number of amides is 2. The van der Waals surface area contributed by atoms with Crippen LogP contribution in [0.5, 0.6) is 0 Å². The first-order valence-electron chi connectivity index (χ1n) is 7.83. The van der Waals surface area contributed by atoms with Crippen molar-refractivity contribution in [1.29, 1.82) is 0 Å². The van der Waals surface area contributed by atoms with Crippen LogP contribution in [-0.4, -0.2) is 38.8 Å². The Hall–Kier alpha value is -2.57. The third-order valence-corrected chi connectivity index (χ3v) is 4.11. The third kappa shape index (κ3) is 3.61. The number of fused-ring (bicyclic) bond motifs is 1. The van der Waals surface area contributed by atoms with Gasteiger partial charge < -0.3 is 15.2 Å². The highest BCUT2D eigenvalue weighted by molar-refractivity contribution is 5.74. The van der Waals surface area contributed by atoms with Gasteiger partial charge >= 0.3 is 6.03 Å². The maximum atomic E-state index is 12.3. The maximum absolute atomic E-state index is 12.3. The standard InChI is InChI=1S/C16H21N5O2/c1-12(10-21-7-2-5-19-21)9-18-16(23)20-8-4-13-3-6-17-15(22)14(13)11-20/h2-3,5-7,12H,4,8-11H2,1H3,(H,17,22)(H,18,23). The molecule has 3 rings (SSSR count). The molecule has 7 heteroatoms. The van der Waals surface area contributed by atoms with Gasteiger partial charge in [0.2, 0.25) is 0 Å². The quantitative estimate of drug-likeness (QED) is 0.882. The molecule has 2 aromatic rings. The third-order valence-electron chi connectivity index (χ3n) is 4.11. The van der Waals surface area contributed by atoms with E-state index in [0.717, 1.165) is 18.5 Å². The van der Waals surface area contributed by atoms with E-state index in [9.17, 15) is 9.59 Å². The molecule has 1 aliphatic rings. The van der Waals surface area contributed by atoms with Crippen molar-refractivity contribution in [3.05, 3.63) is 52.2 Å². The van der Waals surface area contributed by atoms with Crippen LogP contribution < -0.4 is 10.9 Å². The van der Waals surface area contributed by atoms with Gasteiger partial charge in [-0.3, -0.25) is 9.48 Å². The van der Waals surface area contributed by atoms with Gasteiger partial charge in [0.05, 0.1) is 6.54 Å². The number of carbonyl (C=O) groups excluding carboxylic acids is 1. The van der Waals surface area contributed by atoms with Gasteiger partial charge in [-0.2, -0.15) is 5.10 Å². The Morgan fingerprint density at radius 1 is 1.52 bits per heavy atom. The minimum Gasteiger partial charge on any atom is -0.338 e. The fourth-order valence-electron chi connectivity index (χ4n) is 2.82. The van der Waals surface area contributed by atoms with Crippen LogP contribution in [0.1, 0.15) is 18.1 Å². The van der Waals surface area contributed by atoms with Gasteiger partial charge in [-0.05, 0) is 30.0 Å². The lowest BCUT2D eigenvalue weighted by Gasteiger charge is -2.28. The SMILES string of the molecule is CC(CNC(=O)N1CCc2cc[nH]c(=O)c2C1)Cn1cccn1. The molecule has 0 spiro atoms. The van der Waals surface area contributed by atoms with Gasteiger partial charge in [-0.15, -0.1) is 0 Å². The lowest BCUT2D eigenvalue weighted by Crippen LogP contribution is -2.45. The summed E-state index contributed by atoms with van der Waals surface area (Å²) in [6, 6.07) is 3.68. The Bertz CT molecular complexity index is 722. The molecule has 0 radical (unpaired) electrons. The van der Waals surface area contributed by atoms with E-state index in [1.165, 1.54) is 0 Å². The van der Waals surface area contributed by atoms with Gasteiger partial charge in [0.25, 0.3) is 5.56 Å². The van der Waals surface area contributed by atoms with E-state index in [1.807, 2.05) is 23.0 Å².